The lowest BCUT2D eigenvalue weighted by Gasteiger charge is -2.19. The van der Waals surface area contributed by atoms with Crippen LogP contribution >= 0.6 is 0 Å². The van der Waals surface area contributed by atoms with Crippen molar-refractivity contribution in [2.75, 3.05) is 10.6 Å². The number of alkyl halides is 2. The third kappa shape index (κ3) is 7.46. The first kappa shape index (κ1) is 36.3. The summed E-state index contributed by atoms with van der Waals surface area (Å²) in [6.45, 7) is 7.47. The summed E-state index contributed by atoms with van der Waals surface area (Å²) in [6.07, 6.45) is -1.33. The van der Waals surface area contributed by atoms with Crippen LogP contribution in [0.15, 0.2) is 48.5 Å². The molecule has 0 radical (unpaired) electrons. The monoisotopic (exact) mass is 728 g/mol. The Hall–Kier alpha value is -6.46. The lowest BCUT2D eigenvalue weighted by atomic mass is 10.1. The van der Waals surface area contributed by atoms with Crippen LogP contribution in [0.1, 0.15) is 79.8 Å². The predicted molar refractivity (Wildman–Crippen MR) is 192 cm³/mol. The molecule has 0 spiro atoms. The number of rotatable bonds is 14. The number of benzene rings is 2. The van der Waals surface area contributed by atoms with E-state index in [1.165, 1.54) is 54.9 Å². The summed E-state index contributed by atoms with van der Waals surface area (Å²) in [4.78, 5) is 59.3. The van der Waals surface area contributed by atoms with E-state index in [1.54, 1.807) is 26.0 Å². The number of nitrogens with zero attached hydrogens (tertiary/aromatic N) is 8. The van der Waals surface area contributed by atoms with E-state index in [4.69, 9.17) is 11.5 Å². The summed E-state index contributed by atoms with van der Waals surface area (Å²) in [5, 5.41) is 14.0. The Balaban J connectivity index is 1.27. The number of aromatic nitrogens is 8. The molecule has 6 aromatic rings. The van der Waals surface area contributed by atoms with Crippen molar-refractivity contribution in [3.8, 4) is 0 Å². The molecule has 0 aliphatic rings. The van der Waals surface area contributed by atoms with Gasteiger partial charge in [-0.05, 0) is 76.2 Å². The van der Waals surface area contributed by atoms with E-state index in [0.717, 1.165) is 0 Å². The average molecular weight is 729 g/mol. The molecule has 18 heteroatoms. The molecule has 0 aliphatic heterocycles. The number of carbonyl (C=O) groups excluding carboxylic acids is 4. The molecule has 0 unspecified atom stereocenters. The molecule has 4 heterocycles. The zero-order chi connectivity index (χ0) is 38.2. The number of primary amides is 2. The van der Waals surface area contributed by atoms with Crippen LogP contribution < -0.4 is 22.1 Å². The summed E-state index contributed by atoms with van der Waals surface area (Å²) in [5.41, 5.74) is 14.4. The first-order chi connectivity index (χ1) is 25.2. The van der Waals surface area contributed by atoms with Gasteiger partial charge >= 0.3 is 0 Å². The average Bonchev–Trinajstić information content (AvgIpc) is 3.87. The Labute approximate surface area is 301 Å². The third-order valence-electron chi connectivity index (χ3n) is 8.79. The van der Waals surface area contributed by atoms with Crippen LogP contribution in [0.3, 0.4) is 0 Å². The number of aryl methyl sites for hydroxylation is 6. The smallest absolute Gasteiger partial charge is 0.276 e. The van der Waals surface area contributed by atoms with Gasteiger partial charge in [-0.1, -0.05) is 0 Å². The highest BCUT2D eigenvalue weighted by atomic mass is 19.3. The minimum atomic E-state index is -3.27. The molecule has 6 N–H and O–H groups in total. The molecule has 0 saturated heterocycles. The van der Waals surface area contributed by atoms with Crippen LogP contribution in [0.25, 0.3) is 22.1 Å². The number of imidazole rings is 2. The number of amides is 4. The molecule has 0 saturated carbocycles. The predicted octanol–water partition coefficient (Wildman–Crippen LogP) is 4.25. The lowest BCUT2D eigenvalue weighted by Crippen LogP contribution is -2.24. The van der Waals surface area contributed by atoms with Gasteiger partial charge in [-0.15, -0.1) is 0 Å². The van der Waals surface area contributed by atoms with E-state index in [1.807, 2.05) is 13.8 Å². The van der Waals surface area contributed by atoms with Crippen molar-refractivity contribution in [2.45, 2.75) is 72.6 Å². The normalized spacial score (nSPS) is 11.7. The number of hydrogen-bond donors (Lipinski definition) is 4. The van der Waals surface area contributed by atoms with Crippen LogP contribution in [-0.2, 0) is 26.2 Å². The zero-order valence-electron chi connectivity index (χ0n) is 29.5. The van der Waals surface area contributed by atoms with E-state index in [2.05, 4.69) is 30.8 Å². The van der Waals surface area contributed by atoms with E-state index in [9.17, 15) is 19.2 Å². The fourth-order valence-corrected chi connectivity index (χ4v) is 6.16. The molecule has 6 rings (SSSR count). The maximum Gasteiger partial charge on any atom is 0.276 e. The number of anilines is 2. The van der Waals surface area contributed by atoms with Crippen molar-refractivity contribution in [3.05, 3.63) is 82.4 Å². The molecule has 0 fully saturated rings. The number of nitrogens with one attached hydrogen (secondary N) is 2. The van der Waals surface area contributed by atoms with Crippen molar-refractivity contribution < 1.29 is 28.0 Å². The highest BCUT2D eigenvalue weighted by molar-refractivity contribution is 6.04. The number of carbonyl (C=O) groups is 4. The molecule has 276 valence electrons. The van der Waals surface area contributed by atoms with E-state index in [-0.39, 0.29) is 58.5 Å². The van der Waals surface area contributed by atoms with Crippen molar-refractivity contribution >= 4 is 57.6 Å². The van der Waals surface area contributed by atoms with Gasteiger partial charge in [-0.25, -0.2) is 18.7 Å². The van der Waals surface area contributed by atoms with Crippen molar-refractivity contribution in [3.63, 3.8) is 0 Å². The minimum absolute atomic E-state index is 0.00124. The second kappa shape index (κ2) is 14.3. The second-order valence-corrected chi connectivity index (χ2v) is 12.5. The van der Waals surface area contributed by atoms with Crippen molar-refractivity contribution in [2.24, 2.45) is 11.5 Å². The molecule has 0 aliphatic carbocycles. The molecule has 4 aromatic heterocycles. The fraction of sp³-hybridized carbons (Fsp3) is 0.314. The summed E-state index contributed by atoms with van der Waals surface area (Å²) >= 11 is 0. The van der Waals surface area contributed by atoms with E-state index < -0.39 is 42.4 Å². The molecule has 4 amide bonds. The molecule has 53 heavy (non-hydrogen) atoms. The summed E-state index contributed by atoms with van der Waals surface area (Å²) in [6, 6.07) is 12.1. The Bertz CT molecular complexity index is 2240. The Morgan fingerprint density at radius 1 is 0.679 bits per heavy atom. The SMILES string of the molecule is CCn1nc(C)cc1C(=O)Nc1nc2cc(C(N)=O)ccc2n1CCC(F)(F)CCn1c(NC(=O)c2cc(C)nn2CC)nc2cc(C(N)=O)ccc21. The Morgan fingerprint density at radius 3 is 1.43 bits per heavy atom. The first-order valence-electron chi connectivity index (χ1n) is 16.9. The van der Waals surface area contributed by atoms with Gasteiger partial charge in [0.15, 0.2) is 0 Å². The molecular weight excluding hydrogens is 690 g/mol. The standard InChI is InChI=1S/C35H38F2N12O4/c1-5-48-27(15-19(3)44-48)31(52)42-33-40-23-17-21(29(38)50)7-9-25(23)46(33)13-11-35(36,37)12-14-47-26-10-8-22(30(39)51)18-24(26)41-34(47)43-32(53)28-16-20(4)45-49(28)6-2/h7-10,15-18H,5-6,11-14H2,1-4H3,(H2,38,50)(H2,39,51)(H,40,42,52)(H,41,43,53). The van der Waals surface area contributed by atoms with Gasteiger partial charge in [-0.3, -0.25) is 39.2 Å². The molecular formula is C35H38F2N12O4. The highest BCUT2D eigenvalue weighted by Gasteiger charge is 2.31. The number of halogens is 2. The quantitative estimate of drug-likeness (QED) is 0.127. The van der Waals surface area contributed by atoms with Crippen molar-refractivity contribution in [1.29, 1.82) is 0 Å². The van der Waals surface area contributed by atoms with Gasteiger partial charge < -0.3 is 20.6 Å². The number of nitrogens with two attached hydrogens (primary N) is 2. The van der Waals surface area contributed by atoms with Crippen LogP contribution in [0.2, 0.25) is 0 Å². The molecule has 16 nitrogen and oxygen atoms in total. The largest absolute Gasteiger partial charge is 0.366 e. The third-order valence-corrected chi connectivity index (χ3v) is 8.79. The second-order valence-electron chi connectivity index (χ2n) is 12.5. The zero-order valence-corrected chi connectivity index (χ0v) is 29.5. The van der Waals surface area contributed by atoms with Crippen LogP contribution in [0.4, 0.5) is 20.7 Å². The molecule has 2 aromatic carbocycles. The minimum Gasteiger partial charge on any atom is -0.366 e. The Kier molecular flexibility index (Phi) is 9.79. The maximum absolute atomic E-state index is 15.9. The van der Waals surface area contributed by atoms with Crippen LogP contribution in [0, 0.1) is 13.8 Å². The van der Waals surface area contributed by atoms with Gasteiger partial charge in [0.2, 0.25) is 23.7 Å². The topological polar surface area (TPSA) is 216 Å². The van der Waals surface area contributed by atoms with E-state index >= 15 is 8.78 Å². The van der Waals surface area contributed by atoms with Crippen LogP contribution in [0.5, 0.6) is 0 Å². The molecule has 0 atom stereocenters. The highest BCUT2D eigenvalue weighted by Crippen LogP contribution is 2.31. The maximum atomic E-state index is 15.9. The van der Waals surface area contributed by atoms with E-state index in [0.29, 0.717) is 35.5 Å². The van der Waals surface area contributed by atoms with Gasteiger partial charge in [0.1, 0.15) is 11.4 Å². The number of hydrogen-bond acceptors (Lipinski definition) is 8. The van der Waals surface area contributed by atoms with Gasteiger partial charge in [0.05, 0.1) is 33.5 Å². The van der Waals surface area contributed by atoms with Gasteiger partial charge in [0, 0.05) is 50.1 Å². The van der Waals surface area contributed by atoms with Crippen LogP contribution in [-0.4, -0.2) is 68.2 Å². The molecule has 0 bridgehead atoms. The number of fused-ring (bicyclic) bond motifs is 2. The van der Waals surface area contributed by atoms with Gasteiger partial charge in [-0.2, -0.15) is 10.2 Å². The summed E-state index contributed by atoms with van der Waals surface area (Å²) in [7, 11) is 0. The summed E-state index contributed by atoms with van der Waals surface area (Å²) in [5.74, 6) is -5.73. The lowest BCUT2D eigenvalue weighted by molar-refractivity contribution is -0.0228. The van der Waals surface area contributed by atoms with Gasteiger partial charge in [0.25, 0.3) is 17.7 Å². The van der Waals surface area contributed by atoms with Crippen molar-refractivity contribution in [1.82, 2.24) is 38.7 Å². The first-order valence-corrected chi connectivity index (χ1v) is 16.9. The Morgan fingerprint density at radius 2 is 1.08 bits per heavy atom. The fourth-order valence-electron chi connectivity index (χ4n) is 6.16. The summed E-state index contributed by atoms with van der Waals surface area (Å²) < 4.78 is 37.7.